The fraction of sp³-hybridized carbons (Fsp3) is 0.303. The molecule has 1 aromatic heterocycles. The predicted octanol–water partition coefficient (Wildman–Crippen LogP) is 7.65. The summed E-state index contributed by atoms with van der Waals surface area (Å²) in [5, 5.41) is 17.9. The molecule has 0 aliphatic heterocycles. The van der Waals surface area contributed by atoms with Crippen molar-refractivity contribution in [2.24, 2.45) is 0 Å². The number of urea groups is 1. The lowest BCUT2D eigenvalue weighted by molar-refractivity contribution is -0.385. The lowest BCUT2D eigenvalue weighted by atomic mass is 9.97. The molecule has 4 aromatic rings. The van der Waals surface area contributed by atoms with Gasteiger partial charge in [0.2, 0.25) is 5.89 Å². The number of benzene rings is 3. The number of hydrogen-bond donors (Lipinski definition) is 1. The average molecular weight is 787 g/mol. The zero-order valence-corrected chi connectivity index (χ0v) is 30.4. The van der Waals surface area contributed by atoms with E-state index in [1.807, 2.05) is 20.8 Å². The molecule has 53 heavy (non-hydrogen) atoms. The van der Waals surface area contributed by atoms with Crippen molar-refractivity contribution in [3.05, 3.63) is 102 Å². The minimum atomic E-state index is -4.61. The zero-order chi connectivity index (χ0) is 39.8. The lowest BCUT2D eigenvalue weighted by Crippen LogP contribution is -2.27. The van der Waals surface area contributed by atoms with E-state index in [1.165, 1.54) is 11.8 Å². The summed E-state index contributed by atoms with van der Waals surface area (Å²) in [6, 6.07) is 9.87. The molecule has 2 amide bonds. The molecule has 0 saturated heterocycles. The van der Waals surface area contributed by atoms with Crippen LogP contribution in [0.15, 0.2) is 63.8 Å². The molecule has 3 aromatic carbocycles. The van der Waals surface area contributed by atoms with Gasteiger partial charge >= 0.3 is 29.9 Å². The number of anilines is 1. The van der Waals surface area contributed by atoms with Crippen LogP contribution in [-0.4, -0.2) is 64.9 Å². The molecular weight excluding hydrogens is 754 g/mol. The molecular formula is C33H32Cl2F3N5O10. The Bertz CT molecular complexity index is 2060. The van der Waals surface area contributed by atoms with Crippen LogP contribution in [0, 0.1) is 10.1 Å². The largest absolute Gasteiger partial charge is 0.463 e. The van der Waals surface area contributed by atoms with Crippen LogP contribution in [0.25, 0.3) is 5.69 Å². The Morgan fingerprint density at radius 3 is 2.21 bits per heavy atom. The number of nitro groups is 1. The Kier molecular flexibility index (Phi) is 13.6. The van der Waals surface area contributed by atoms with E-state index in [2.05, 4.69) is 15.2 Å². The molecule has 15 nitrogen and oxygen atoms in total. The second kappa shape index (κ2) is 17.3. The molecule has 0 aliphatic carbocycles. The summed E-state index contributed by atoms with van der Waals surface area (Å²) in [5.41, 5.74) is -1.65. The van der Waals surface area contributed by atoms with Crippen molar-refractivity contribution in [3.63, 3.8) is 0 Å². The van der Waals surface area contributed by atoms with Crippen molar-refractivity contribution in [3.8, 4) is 17.2 Å². The number of nitrogens with one attached hydrogen (secondary N) is 1. The third-order valence-electron chi connectivity index (χ3n) is 6.52. The average Bonchev–Trinajstić information content (AvgIpc) is 3.46. The number of aromatic nitrogens is 2. The standard InChI is InChI=1S/C18H13ClF3NO7.C15H19ClN4O3/c1-2-28-16(24)9-29-17(25)12-8-11(4-5-14(12)23(26)27)30-15-6-3-10(7-13(15)19)18(20,21)22;1-15(2,3)12-18-20(14(22)23-12)11-7-6-9(8-10(11)16)17-13(21)19(4)5/h3-8H,2,9H2,1H3;6-8H,1-5H3,(H,17,21). The number of esters is 2. The first-order valence-corrected chi connectivity index (χ1v) is 15.9. The number of hydrogen-bond acceptors (Lipinski definition) is 11. The van der Waals surface area contributed by atoms with Crippen LogP contribution in [0.3, 0.4) is 0 Å². The smallest absolute Gasteiger partial charge is 0.442 e. The van der Waals surface area contributed by atoms with E-state index in [0.29, 0.717) is 23.3 Å². The number of nitrogens with zero attached hydrogens (tertiary/aromatic N) is 4. The highest BCUT2D eigenvalue weighted by atomic mass is 35.5. The second-order valence-electron chi connectivity index (χ2n) is 11.9. The van der Waals surface area contributed by atoms with Gasteiger partial charge in [-0.2, -0.15) is 17.9 Å². The van der Waals surface area contributed by atoms with Crippen molar-refractivity contribution in [2.75, 3.05) is 32.6 Å². The van der Waals surface area contributed by atoms with Crippen molar-refractivity contribution >= 4 is 52.5 Å². The van der Waals surface area contributed by atoms with Gasteiger partial charge in [0.1, 0.15) is 17.1 Å². The van der Waals surface area contributed by atoms with Crippen LogP contribution in [0.2, 0.25) is 10.0 Å². The van der Waals surface area contributed by atoms with Gasteiger partial charge in [0.25, 0.3) is 5.69 Å². The summed E-state index contributed by atoms with van der Waals surface area (Å²) in [5.74, 6) is -2.64. The van der Waals surface area contributed by atoms with Crippen molar-refractivity contribution in [2.45, 2.75) is 39.3 Å². The van der Waals surface area contributed by atoms with Gasteiger partial charge in [0.05, 0.1) is 32.8 Å². The zero-order valence-electron chi connectivity index (χ0n) is 28.9. The summed E-state index contributed by atoms with van der Waals surface area (Å²) in [7, 11) is 3.27. The highest BCUT2D eigenvalue weighted by Crippen LogP contribution is 2.37. The molecule has 0 atom stereocenters. The monoisotopic (exact) mass is 785 g/mol. The number of carbonyl (C=O) groups excluding carboxylic acids is 3. The lowest BCUT2D eigenvalue weighted by Gasteiger charge is -2.13. The first kappa shape index (κ1) is 41.8. The van der Waals surface area contributed by atoms with E-state index in [4.69, 9.17) is 37.1 Å². The van der Waals surface area contributed by atoms with E-state index >= 15 is 0 Å². The van der Waals surface area contributed by atoms with Crippen LogP contribution in [-0.2, 0) is 25.9 Å². The first-order chi connectivity index (χ1) is 24.6. The Morgan fingerprint density at radius 1 is 1.00 bits per heavy atom. The molecule has 1 N–H and O–H groups in total. The van der Waals surface area contributed by atoms with Crippen molar-refractivity contribution < 1.29 is 51.1 Å². The molecule has 1 heterocycles. The normalized spacial score (nSPS) is 11.2. The minimum absolute atomic E-state index is 0.0493. The minimum Gasteiger partial charge on any atom is -0.463 e. The van der Waals surface area contributed by atoms with Gasteiger partial charge in [-0.25, -0.2) is 19.2 Å². The van der Waals surface area contributed by atoms with Gasteiger partial charge in [-0.1, -0.05) is 44.0 Å². The first-order valence-electron chi connectivity index (χ1n) is 15.2. The van der Waals surface area contributed by atoms with Gasteiger partial charge in [0, 0.05) is 37.3 Å². The summed E-state index contributed by atoms with van der Waals surface area (Å²) < 4.78 is 59.1. The van der Waals surface area contributed by atoms with E-state index in [0.717, 1.165) is 35.0 Å². The highest BCUT2D eigenvalue weighted by Gasteiger charge is 2.31. The maximum absolute atomic E-state index is 12.7. The molecule has 284 valence electrons. The van der Waals surface area contributed by atoms with E-state index in [1.54, 1.807) is 32.3 Å². The number of rotatable bonds is 9. The number of carbonyl (C=O) groups is 3. The predicted molar refractivity (Wildman–Crippen MR) is 185 cm³/mol. The van der Waals surface area contributed by atoms with E-state index in [9.17, 15) is 42.5 Å². The topological polar surface area (TPSA) is 185 Å². The highest BCUT2D eigenvalue weighted by molar-refractivity contribution is 6.32. The quantitative estimate of drug-likeness (QED) is 0.0998. The van der Waals surface area contributed by atoms with Crippen LogP contribution in [0.5, 0.6) is 11.5 Å². The Hall–Kier alpha value is -5.62. The molecule has 0 saturated carbocycles. The van der Waals surface area contributed by atoms with Gasteiger partial charge in [-0.15, -0.1) is 5.10 Å². The number of halogens is 5. The molecule has 0 bridgehead atoms. The molecule has 0 radical (unpaired) electrons. The fourth-order valence-electron chi connectivity index (χ4n) is 3.92. The Balaban J connectivity index is 0.000000295. The fourth-order valence-corrected chi connectivity index (χ4v) is 4.40. The Labute approximate surface area is 309 Å². The SMILES string of the molecule is CCOC(=O)COC(=O)c1cc(Oc2ccc(C(F)(F)F)cc2Cl)ccc1[N+](=O)[O-].CN(C)C(=O)Nc1ccc(-n2nc(C(C)(C)C)oc2=O)c(Cl)c1. The van der Waals surface area contributed by atoms with Crippen LogP contribution < -0.4 is 15.8 Å². The van der Waals surface area contributed by atoms with Gasteiger partial charge in [0.15, 0.2) is 6.61 Å². The number of ether oxygens (including phenoxy) is 3. The van der Waals surface area contributed by atoms with E-state index < -0.39 is 57.6 Å². The summed E-state index contributed by atoms with van der Waals surface area (Å²) >= 11 is 12.0. The molecule has 20 heteroatoms. The second-order valence-corrected chi connectivity index (χ2v) is 12.7. The maximum atomic E-state index is 12.7. The summed E-state index contributed by atoms with van der Waals surface area (Å²) in [4.78, 5) is 58.8. The van der Waals surface area contributed by atoms with E-state index in [-0.39, 0.29) is 34.2 Å². The maximum Gasteiger partial charge on any atom is 0.442 e. The van der Waals surface area contributed by atoms with Crippen LogP contribution >= 0.6 is 23.2 Å². The molecule has 0 unspecified atom stereocenters. The summed E-state index contributed by atoms with van der Waals surface area (Å²) in [6.45, 7) is 6.50. The molecule has 0 spiro atoms. The third kappa shape index (κ3) is 11.4. The number of nitro benzene ring substituents is 1. The summed E-state index contributed by atoms with van der Waals surface area (Å²) in [6.07, 6.45) is -4.61. The number of alkyl halides is 3. The van der Waals surface area contributed by atoms with Gasteiger partial charge < -0.3 is 28.8 Å². The van der Waals surface area contributed by atoms with Gasteiger partial charge in [-0.3, -0.25) is 10.1 Å². The third-order valence-corrected chi connectivity index (χ3v) is 7.12. The molecule has 0 aliphatic rings. The molecule has 4 rings (SSSR count). The Morgan fingerprint density at radius 2 is 1.68 bits per heavy atom. The number of amides is 2. The van der Waals surface area contributed by atoms with Crippen molar-refractivity contribution in [1.29, 1.82) is 0 Å². The van der Waals surface area contributed by atoms with Gasteiger partial charge in [-0.05, 0) is 49.4 Å². The van der Waals surface area contributed by atoms with Crippen LogP contribution in [0.1, 0.15) is 49.5 Å². The van der Waals surface area contributed by atoms with Crippen LogP contribution in [0.4, 0.5) is 29.3 Å². The van der Waals surface area contributed by atoms with Crippen molar-refractivity contribution in [1.82, 2.24) is 14.7 Å². The molecule has 0 fully saturated rings.